The van der Waals surface area contributed by atoms with E-state index < -0.39 is 0 Å². The molecule has 0 radical (unpaired) electrons. The second kappa shape index (κ2) is 6.50. The summed E-state index contributed by atoms with van der Waals surface area (Å²) in [7, 11) is 0. The number of rotatable bonds is 4. The van der Waals surface area contributed by atoms with E-state index in [-0.39, 0.29) is 5.82 Å². The zero-order valence-corrected chi connectivity index (χ0v) is 11.6. The average molecular weight is 300 g/mol. The maximum absolute atomic E-state index is 13.2. The molecule has 17 heavy (non-hydrogen) atoms. The topological polar surface area (TPSA) is 12.0 Å². The zero-order valence-electron chi connectivity index (χ0n) is 10.0. The van der Waals surface area contributed by atoms with E-state index in [2.05, 4.69) is 21.2 Å². The highest BCUT2D eigenvalue weighted by molar-refractivity contribution is 9.10. The van der Waals surface area contributed by atoms with Crippen molar-refractivity contribution < 1.29 is 4.39 Å². The van der Waals surface area contributed by atoms with Crippen LogP contribution in [-0.4, -0.2) is 6.54 Å². The highest BCUT2D eigenvalue weighted by Crippen LogP contribution is 2.23. The SMILES string of the molecule is Fc1cc(Br)cc(CNCC2CCCCC2)c1. The summed E-state index contributed by atoms with van der Waals surface area (Å²) >= 11 is 3.31. The molecule has 1 aliphatic carbocycles. The lowest BCUT2D eigenvalue weighted by Crippen LogP contribution is -2.24. The van der Waals surface area contributed by atoms with Gasteiger partial charge in [-0.25, -0.2) is 4.39 Å². The van der Waals surface area contributed by atoms with Crippen molar-refractivity contribution in [3.63, 3.8) is 0 Å². The summed E-state index contributed by atoms with van der Waals surface area (Å²) in [5.41, 5.74) is 1.01. The molecule has 1 aromatic carbocycles. The molecule has 1 aromatic rings. The van der Waals surface area contributed by atoms with Crippen LogP contribution in [-0.2, 0) is 6.54 Å². The summed E-state index contributed by atoms with van der Waals surface area (Å²) in [5, 5.41) is 3.44. The first kappa shape index (κ1) is 13.0. The Morgan fingerprint density at radius 1 is 1.18 bits per heavy atom. The predicted octanol–water partition coefficient (Wildman–Crippen LogP) is 4.26. The van der Waals surface area contributed by atoms with E-state index in [4.69, 9.17) is 0 Å². The van der Waals surface area contributed by atoms with Gasteiger partial charge in [-0.05, 0) is 49.1 Å². The fourth-order valence-electron chi connectivity index (χ4n) is 2.52. The highest BCUT2D eigenvalue weighted by Gasteiger charge is 2.12. The van der Waals surface area contributed by atoms with Crippen molar-refractivity contribution in [1.29, 1.82) is 0 Å². The monoisotopic (exact) mass is 299 g/mol. The smallest absolute Gasteiger partial charge is 0.124 e. The molecule has 1 nitrogen and oxygen atoms in total. The molecule has 0 amide bonds. The molecule has 2 rings (SSSR count). The molecule has 0 bridgehead atoms. The van der Waals surface area contributed by atoms with Crippen molar-refractivity contribution in [2.24, 2.45) is 5.92 Å². The molecule has 3 heteroatoms. The first-order valence-electron chi connectivity index (χ1n) is 6.40. The molecule has 0 heterocycles. The molecule has 0 spiro atoms. The third-order valence-corrected chi connectivity index (χ3v) is 3.87. The van der Waals surface area contributed by atoms with Crippen LogP contribution < -0.4 is 5.32 Å². The lowest BCUT2D eigenvalue weighted by Gasteiger charge is -2.21. The Balaban J connectivity index is 1.77. The van der Waals surface area contributed by atoms with Crippen LogP contribution in [0, 0.1) is 11.7 Å². The lowest BCUT2D eigenvalue weighted by molar-refractivity contribution is 0.342. The molecule has 1 fully saturated rings. The Bertz CT molecular complexity index is 341. The Morgan fingerprint density at radius 3 is 2.65 bits per heavy atom. The quantitative estimate of drug-likeness (QED) is 0.876. The molecular formula is C14H19BrFN. The van der Waals surface area contributed by atoms with Crippen LogP contribution in [0.4, 0.5) is 4.39 Å². The molecule has 94 valence electrons. The normalized spacial score (nSPS) is 17.3. The van der Waals surface area contributed by atoms with Crippen molar-refractivity contribution in [3.8, 4) is 0 Å². The maximum Gasteiger partial charge on any atom is 0.124 e. The van der Waals surface area contributed by atoms with Gasteiger partial charge in [0.15, 0.2) is 0 Å². The van der Waals surface area contributed by atoms with E-state index in [1.807, 2.05) is 6.07 Å². The lowest BCUT2D eigenvalue weighted by atomic mass is 9.89. The van der Waals surface area contributed by atoms with Gasteiger partial charge in [-0.3, -0.25) is 0 Å². The first-order chi connectivity index (χ1) is 8.24. The molecule has 1 saturated carbocycles. The van der Waals surface area contributed by atoms with E-state index >= 15 is 0 Å². The highest BCUT2D eigenvalue weighted by atomic mass is 79.9. The molecular weight excluding hydrogens is 281 g/mol. The Hall–Kier alpha value is -0.410. The largest absolute Gasteiger partial charge is 0.312 e. The summed E-state index contributed by atoms with van der Waals surface area (Å²) in [6, 6.07) is 5.06. The average Bonchev–Trinajstić information content (AvgIpc) is 2.29. The molecule has 0 aromatic heterocycles. The molecule has 1 N–H and O–H groups in total. The van der Waals surface area contributed by atoms with Gasteiger partial charge >= 0.3 is 0 Å². The van der Waals surface area contributed by atoms with Gasteiger partial charge in [-0.15, -0.1) is 0 Å². The second-order valence-corrected chi connectivity index (χ2v) is 5.83. The Kier molecular flexibility index (Phi) is 4.99. The van der Waals surface area contributed by atoms with Crippen molar-refractivity contribution in [2.45, 2.75) is 38.6 Å². The van der Waals surface area contributed by atoms with E-state index in [1.54, 1.807) is 6.07 Å². The summed E-state index contributed by atoms with van der Waals surface area (Å²) < 4.78 is 14.0. The zero-order chi connectivity index (χ0) is 12.1. The summed E-state index contributed by atoms with van der Waals surface area (Å²) in [5.74, 6) is 0.648. The van der Waals surface area contributed by atoms with Crippen LogP contribution in [0.2, 0.25) is 0 Å². The van der Waals surface area contributed by atoms with Crippen LogP contribution in [0.3, 0.4) is 0 Å². The minimum atomic E-state index is -0.172. The summed E-state index contributed by atoms with van der Waals surface area (Å²) in [6.45, 7) is 1.82. The van der Waals surface area contributed by atoms with Gasteiger partial charge < -0.3 is 5.32 Å². The number of hydrogen-bond donors (Lipinski definition) is 1. The third-order valence-electron chi connectivity index (χ3n) is 3.41. The Labute approximate surface area is 111 Å². The van der Waals surface area contributed by atoms with Crippen LogP contribution >= 0.6 is 15.9 Å². The fraction of sp³-hybridized carbons (Fsp3) is 0.571. The minimum Gasteiger partial charge on any atom is -0.312 e. The van der Waals surface area contributed by atoms with E-state index in [1.165, 1.54) is 38.2 Å². The van der Waals surface area contributed by atoms with E-state index in [0.717, 1.165) is 29.0 Å². The van der Waals surface area contributed by atoms with Gasteiger partial charge in [0, 0.05) is 11.0 Å². The number of halogens is 2. The number of nitrogens with one attached hydrogen (secondary N) is 1. The van der Waals surface area contributed by atoms with E-state index in [9.17, 15) is 4.39 Å². The standard InChI is InChI=1S/C14H19BrFN/c15-13-6-12(7-14(16)8-13)10-17-9-11-4-2-1-3-5-11/h6-8,11,17H,1-5,9-10H2. The summed E-state index contributed by atoms with van der Waals surface area (Å²) in [4.78, 5) is 0. The van der Waals surface area contributed by atoms with Gasteiger partial charge in [0.25, 0.3) is 0 Å². The summed E-state index contributed by atoms with van der Waals surface area (Å²) in [6.07, 6.45) is 6.84. The van der Waals surface area contributed by atoms with Gasteiger partial charge in [0.05, 0.1) is 0 Å². The predicted molar refractivity (Wildman–Crippen MR) is 72.4 cm³/mol. The molecule has 0 aliphatic heterocycles. The third kappa shape index (κ3) is 4.40. The number of benzene rings is 1. The van der Waals surface area contributed by atoms with Gasteiger partial charge in [-0.2, -0.15) is 0 Å². The van der Waals surface area contributed by atoms with Crippen molar-refractivity contribution in [1.82, 2.24) is 5.32 Å². The van der Waals surface area contributed by atoms with Crippen LogP contribution in [0.15, 0.2) is 22.7 Å². The molecule has 0 atom stereocenters. The van der Waals surface area contributed by atoms with Crippen LogP contribution in [0.25, 0.3) is 0 Å². The van der Waals surface area contributed by atoms with Crippen molar-refractivity contribution in [3.05, 3.63) is 34.1 Å². The minimum absolute atomic E-state index is 0.172. The maximum atomic E-state index is 13.2. The molecule has 0 saturated heterocycles. The van der Waals surface area contributed by atoms with Crippen LogP contribution in [0.1, 0.15) is 37.7 Å². The van der Waals surface area contributed by atoms with Gasteiger partial charge in [-0.1, -0.05) is 35.2 Å². The number of hydrogen-bond acceptors (Lipinski definition) is 1. The van der Waals surface area contributed by atoms with Crippen molar-refractivity contribution >= 4 is 15.9 Å². The van der Waals surface area contributed by atoms with E-state index in [0.29, 0.717) is 0 Å². The molecule has 0 unspecified atom stereocenters. The van der Waals surface area contributed by atoms with Crippen molar-refractivity contribution in [2.75, 3.05) is 6.54 Å². The molecule has 1 aliphatic rings. The first-order valence-corrected chi connectivity index (χ1v) is 7.19. The van der Waals surface area contributed by atoms with Gasteiger partial charge in [0.2, 0.25) is 0 Å². The van der Waals surface area contributed by atoms with Crippen LogP contribution in [0.5, 0.6) is 0 Å². The fourth-order valence-corrected chi connectivity index (χ4v) is 3.04. The second-order valence-electron chi connectivity index (χ2n) is 4.91. The van der Waals surface area contributed by atoms with Gasteiger partial charge in [0.1, 0.15) is 5.82 Å². The Morgan fingerprint density at radius 2 is 1.94 bits per heavy atom.